The number of ether oxygens (including phenoxy) is 1. The first kappa shape index (κ1) is 15.7. The molecule has 0 aliphatic rings. The van der Waals surface area contributed by atoms with E-state index in [9.17, 15) is 4.79 Å². The van der Waals surface area contributed by atoms with Gasteiger partial charge in [0.2, 0.25) is 5.91 Å². The van der Waals surface area contributed by atoms with E-state index in [1.54, 1.807) is 12.1 Å². The Bertz CT molecular complexity index is 374. The predicted molar refractivity (Wildman–Crippen MR) is 77.0 cm³/mol. The van der Waals surface area contributed by atoms with Crippen LogP contribution in [0.5, 0.6) is 0 Å². The van der Waals surface area contributed by atoms with Crippen LogP contribution in [-0.4, -0.2) is 25.2 Å². The summed E-state index contributed by atoms with van der Waals surface area (Å²) in [6.45, 7) is 6.71. The molecule has 0 saturated carbocycles. The first-order valence-corrected chi connectivity index (χ1v) is 6.80. The summed E-state index contributed by atoms with van der Waals surface area (Å²) in [6, 6.07) is 7.37. The Balaban J connectivity index is 2.11. The molecule has 0 heterocycles. The van der Waals surface area contributed by atoms with Crippen molar-refractivity contribution in [2.45, 2.75) is 39.3 Å². The summed E-state index contributed by atoms with van der Waals surface area (Å²) in [5, 5.41) is 3.37. The Kier molecular flexibility index (Phi) is 7.15. The van der Waals surface area contributed by atoms with Gasteiger partial charge in [-0.2, -0.15) is 0 Å². The molecule has 4 nitrogen and oxygen atoms in total. The number of carbonyl (C=O) groups excluding carboxylic acids is 1. The smallest absolute Gasteiger partial charge is 0.248 e. The zero-order chi connectivity index (χ0) is 14.1. The van der Waals surface area contributed by atoms with E-state index in [0.29, 0.717) is 11.7 Å². The van der Waals surface area contributed by atoms with Crippen LogP contribution in [0.1, 0.15) is 42.6 Å². The van der Waals surface area contributed by atoms with Crippen LogP contribution in [0.25, 0.3) is 0 Å². The number of hydrogen-bond donors (Lipinski definition) is 2. The summed E-state index contributed by atoms with van der Waals surface area (Å²) >= 11 is 0. The summed E-state index contributed by atoms with van der Waals surface area (Å²) in [4.78, 5) is 10.9. The van der Waals surface area contributed by atoms with Crippen molar-refractivity contribution >= 4 is 5.91 Å². The highest BCUT2D eigenvalue weighted by atomic mass is 16.5. The van der Waals surface area contributed by atoms with Crippen molar-refractivity contribution in [2.75, 3.05) is 13.2 Å². The normalized spacial score (nSPS) is 10.9. The van der Waals surface area contributed by atoms with Crippen LogP contribution in [-0.2, 0) is 11.3 Å². The fourth-order valence-corrected chi connectivity index (χ4v) is 1.69. The number of carbonyl (C=O) groups is 1. The van der Waals surface area contributed by atoms with Gasteiger partial charge in [-0.05, 0) is 50.9 Å². The van der Waals surface area contributed by atoms with Gasteiger partial charge in [0.25, 0.3) is 0 Å². The largest absolute Gasteiger partial charge is 0.379 e. The molecular weight excluding hydrogens is 240 g/mol. The molecule has 1 aromatic rings. The third-order valence-electron chi connectivity index (χ3n) is 2.77. The molecule has 0 spiro atoms. The van der Waals surface area contributed by atoms with E-state index < -0.39 is 0 Å². The topological polar surface area (TPSA) is 64.3 Å². The maximum atomic E-state index is 10.9. The lowest BCUT2D eigenvalue weighted by atomic mass is 10.1. The molecule has 0 radical (unpaired) electrons. The second kappa shape index (κ2) is 8.67. The van der Waals surface area contributed by atoms with Gasteiger partial charge in [0.15, 0.2) is 0 Å². The van der Waals surface area contributed by atoms with Crippen LogP contribution in [0.2, 0.25) is 0 Å². The second-order valence-electron chi connectivity index (χ2n) is 4.86. The molecular formula is C15H24N2O2. The number of nitrogens with one attached hydrogen (secondary N) is 1. The van der Waals surface area contributed by atoms with Crippen LogP contribution in [0, 0.1) is 0 Å². The summed E-state index contributed by atoms with van der Waals surface area (Å²) < 4.78 is 5.47. The zero-order valence-corrected chi connectivity index (χ0v) is 11.8. The molecule has 0 aromatic heterocycles. The van der Waals surface area contributed by atoms with Crippen molar-refractivity contribution in [1.82, 2.24) is 5.32 Å². The average Bonchev–Trinajstić information content (AvgIpc) is 2.38. The SMILES string of the molecule is CC(C)OCCCCNCc1ccc(C(N)=O)cc1. The van der Waals surface area contributed by atoms with Crippen molar-refractivity contribution in [1.29, 1.82) is 0 Å². The molecule has 0 fully saturated rings. The van der Waals surface area contributed by atoms with Gasteiger partial charge in [0.1, 0.15) is 0 Å². The van der Waals surface area contributed by atoms with E-state index in [1.165, 1.54) is 0 Å². The van der Waals surface area contributed by atoms with E-state index >= 15 is 0 Å². The Morgan fingerprint density at radius 1 is 1.26 bits per heavy atom. The Hall–Kier alpha value is -1.39. The van der Waals surface area contributed by atoms with Gasteiger partial charge in [0, 0.05) is 18.7 Å². The number of unbranched alkanes of at least 4 members (excludes halogenated alkanes) is 1. The number of amides is 1. The summed E-state index contributed by atoms with van der Waals surface area (Å²) in [5.41, 5.74) is 6.89. The highest BCUT2D eigenvalue weighted by molar-refractivity contribution is 5.92. The standard InChI is InChI=1S/C15H24N2O2/c1-12(2)19-10-4-3-9-17-11-13-5-7-14(8-6-13)15(16)18/h5-8,12,17H,3-4,9-11H2,1-2H3,(H2,16,18). The lowest BCUT2D eigenvalue weighted by Crippen LogP contribution is -2.16. The fourth-order valence-electron chi connectivity index (χ4n) is 1.69. The number of primary amides is 1. The van der Waals surface area contributed by atoms with Crippen molar-refractivity contribution in [3.8, 4) is 0 Å². The summed E-state index contributed by atoms with van der Waals surface area (Å²) in [5.74, 6) is -0.385. The molecule has 0 aliphatic carbocycles. The minimum atomic E-state index is -0.385. The number of benzene rings is 1. The van der Waals surface area contributed by atoms with Crippen LogP contribution < -0.4 is 11.1 Å². The zero-order valence-electron chi connectivity index (χ0n) is 11.8. The highest BCUT2D eigenvalue weighted by Gasteiger charge is 1.99. The number of nitrogens with two attached hydrogens (primary N) is 1. The first-order chi connectivity index (χ1) is 9.09. The molecule has 1 aromatic carbocycles. The van der Waals surface area contributed by atoms with Crippen molar-refractivity contribution in [2.24, 2.45) is 5.73 Å². The molecule has 1 amide bonds. The van der Waals surface area contributed by atoms with Gasteiger partial charge in [0.05, 0.1) is 6.10 Å². The molecule has 0 atom stereocenters. The average molecular weight is 264 g/mol. The second-order valence-corrected chi connectivity index (χ2v) is 4.86. The summed E-state index contributed by atoms with van der Waals surface area (Å²) in [7, 11) is 0. The van der Waals surface area contributed by atoms with Crippen LogP contribution in [0.4, 0.5) is 0 Å². The Morgan fingerprint density at radius 3 is 2.53 bits per heavy atom. The lowest BCUT2D eigenvalue weighted by Gasteiger charge is -2.08. The van der Waals surface area contributed by atoms with Crippen molar-refractivity contribution in [3.05, 3.63) is 35.4 Å². The lowest BCUT2D eigenvalue weighted by molar-refractivity contribution is 0.0760. The molecule has 4 heteroatoms. The van der Waals surface area contributed by atoms with Crippen LogP contribution in [0.15, 0.2) is 24.3 Å². The quantitative estimate of drug-likeness (QED) is 0.671. The maximum Gasteiger partial charge on any atom is 0.248 e. The molecule has 0 saturated heterocycles. The molecule has 106 valence electrons. The van der Waals surface area contributed by atoms with Gasteiger partial charge in [-0.25, -0.2) is 0 Å². The highest BCUT2D eigenvalue weighted by Crippen LogP contribution is 2.03. The van der Waals surface area contributed by atoms with E-state index in [4.69, 9.17) is 10.5 Å². The van der Waals surface area contributed by atoms with Gasteiger partial charge in [-0.3, -0.25) is 4.79 Å². The number of hydrogen-bond acceptors (Lipinski definition) is 3. The molecule has 3 N–H and O–H groups in total. The molecule has 19 heavy (non-hydrogen) atoms. The van der Waals surface area contributed by atoms with Crippen molar-refractivity contribution in [3.63, 3.8) is 0 Å². The van der Waals surface area contributed by atoms with Gasteiger partial charge in [-0.15, -0.1) is 0 Å². The van der Waals surface area contributed by atoms with Crippen LogP contribution >= 0.6 is 0 Å². The van der Waals surface area contributed by atoms with E-state index in [2.05, 4.69) is 5.32 Å². The van der Waals surface area contributed by atoms with E-state index in [0.717, 1.165) is 38.1 Å². The molecule has 1 rings (SSSR count). The predicted octanol–water partition coefficient (Wildman–Crippen LogP) is 2.08. The summed E-state index contributed by atoms with van der Waals surface area (Å²) in [6.07, 6.45) is 2.49. The molecule has 0 aliphatic heterocycles. The van der Waals surface area contributed by atoms with Gasteiger partial charge in [-0.1, -0.05) is 12.1 Å². The molecule has 0 bridgehead atoms. The maximum absolute atomic E-state index is 10.9. The Labute approximate surface area is 115 Å². The Morgan fingerprint density at radius 2 is 1.95 bits per heavy atom. The third kappa shape index (κ3) is 6.94. The first-order valence-electron chi connectivity index (χ1n) is 6.80. The van der Waals surface area contributed by atoms with Gasteiger partial charge >= 0.3 is 0 Å². The van der Waals surface area contributed by atoms with Gasteiger partial charge < -0.3 is 15.8 Å². The number of rotatable bonds is 9. The third-order valence-corrected chi connectivity index (χ3v) is 2.77. The van der Waals surface area contributed by atoms with E-state index in [1.807, 2.05) is 26.0 Å². The minimum Gasteiger partial charge on any atom is -0.379 e. The minimum absolute atomic E-state index is 0.316. The van der Waals surface area contributed by atoms with E-state index in [-0.39, 0.29) is 5.91 Å². The monoisotopic (exact) mass is 264 g/mol. The van der Waals surface area contributed by atoms with Crippen LogP contribution in [0.3, 0.4) is 0 Å². The van der Waals surface area contributed by atoms with Crippen molar-refractivity contribution < 1.29 is 9.53 Å². The fraction of sp³-hybridized carbons (Fsp3) is 0.533. The molecule has 0 unspecified atom stereocenters.